The molecule has 1 heterocycles. The third-order valence-electron chi connectivity index (χ3n) is 3.00. The fourth-order valence-electron chi connectivity index (χ4n) is 2.03. The van der Waals surface area contributed by atoms with E-state index in [-0.39, 0.29) is 24.5 Å². The van der Waals surface area contributed by atoms with Gasteiger partial charge in [-0.2, -0.15) is 0 Å². The zero-order chi connectivity index (χ0) is 14.6. The fraction of sp³-hybridized carbons (Fsp3) is 0.846. The Kier molecular flexibility index (Phi) is 5.17. The number of likely N-dealkylation sites (N-methyl/N-ethyl adjacent to an activating group) is 1. The van der Waals surface area contributed by atoms with Gasteiger partial charge < -0.3 is 19.6 Å². The van der Waals surface area contributed by atoms with E-state index >= 15 is 0 Å². The molecule has 0 aliphatic carbocycles. The lowest BCUT2D eigenvalue weighted by atomic mass is 10.1. The molecule has 0 aromatic carbocycles. The Bertz CT molecular complexity index is 338. The molecule has 1 N–H and O–H groups in total. The lowest BCUT2D eigenvalue weighted by Gasteiger charge is -2.25. The highest BCUT2D eigenvalue weighted by molar-refractivity contribution is 5.80. The van der Waals surface area contributed by atoms with Crippen molar-refractivity contribution >= 4 is 12.0 Å². The molecule has 0 saturated carbocycles. The number of rotatable bonds is 3. The van der Waals surface area contributed by atoms with E-state index in [1.165, 1.54) is 4.90 Å². The van der Waals surface area contributed by atoms with E-state index in [2.05, 4.69) is 0 Å². The molecule has 1 atom stereocenters. The van der Waals surface area contributed by atoms with Crippen LogP contribution in [0.15, 0.2) is 0 Å². The number of amides is 2. The van der Waals surface area contributed by atoms with Gasteiger partial charge in [-0.1, -0.05) is 0 Å². The number of carbonyl (C=O) groups is 2. The van der Waals surface area contributed by atoms with Crippen molar-refractivity contribution in [2.75, 3.05) is 33.3 Å². The molecule has 0 aromatic rings. The summed E-state index contributed by atoms with van der Waals surface area (Å²) in [4.78, 5) is 27.0. The monoisotopic (exact) mass is 272 g/mol. The molecule has 2 amide bonds. The molecule has 1 rings (SSSR count). The lowest BCUT2D eigenvalue weighted by molar-refractivity contribution is -0.134. The second-order valence-corrected chi connectivity index (χ2v) is 5.90. The van der Waals surface area contributed by atoms with Crippen molar-refractivity contribution in [2.45, 2.75) is 32.8 Å². The zero-order valence-electron chi connectivity index (χ0n) is 12.2. The van der Waals surface area contributed by atoms with Crippen LogP contribution in [-0.4, -0.2) is 65.8 Å². The average molecular weight is 272 g/mol. The minimum absolute atomic E-state index is 0.0277. The van der Waals surface area contributed by atoms with Crippen molar-refractivity contribution in [3.8, 4) is 0 Å². The maximum absolute atomic E-state index is 12.0. The molecule has 0 bridgehead atoms. The molecule has 0 radical (unpaired) electrons. The van der Waals surface area contributed by atoms with Crippen LogP contribution in [0.4, 0.5) is 4.79 Å². The summed E-state index contributed by atoms with van der Waals surface area (Å²) in [5.41, 5.74) is -0.521. The van der Waals surface area contributed by atoms with Crippen molar-refractivity contribution in [1.82, 2.24) is 9.80 Å². The molecular formula is C13H24N2O4. The highest BCUT2D eigenvalue weighted by Gasteiger charge is 2.34. The molecule has 1 fully saturated rings. The Morgan fingerprint density at radius 3 is 2.58 bits per heavy atom. The van der Waals surface area contributed by atoms with Gasteiger partial charge in [0.2, 0.25) is 5.91 Å². The SMILES string of the molecule is CN(CCO)C(=O)C1CCN(C(=O)OC(C)(C)C)C1. The van der Waals surface area contributed by atoms with E-state index in [1.807, 2.05) is 20.8 Å². The Labute approximate surface area is 114 Å². The van der Waals surface area contributed by atoms with Crippen LogP contribution < -0.4 is 0 Å². The molecule has 0 aromatic heterocycles. The van der Waals surface area contributed by atoms with Gasteiger partial charge in [0.1, 0.15) is 5.60 Å². The van der Waals surface area contributed by atoms with Gasteiger partial charge in [0, 0.05) is 26.7 Å². The van der Waals surface area contributed by atoms with Crippen molar-refractivity contribution in [1.29, 1.82) is 0 Å². The first-order valence-electron chi connectivity index (χ1n) is 6.58. The third-order valence-corrected chi connectivity index (χ3v) is 3.00. The molecule has 1 aliphatic rings. The van der Waals surface area contributed by atoms with Crippen LogP contribution in [0.25, 0.3) is 0 Å². The van der Waals surface area contributed by atoms with Gasteiger partial charge >= 0.3 is 6.09 Å². The van der Waals surface area contributed by atoms with E-state index < -0.39 is 5.60 Å². The Balaban J connectivity index is 2.49. The van der Waals surface area contributed by atoms with Crippen molar-refractivity contribution in [2.24, 2.45) is 5.92 Å². The molecule has 0 spiro atoms. The van der Waals surface area contributed by atoms with Crippen molar-refractivity contribution in [3.05, 3.63) is 0 Å². The lowest BCUT2D eigenvalue weighted by Crippen LogP contribution is -2.38. The van der Waals surface area contributed by atoms with Gasteiger partial charge in [-0.05, 0) is 27.2 Å². The maximum atomic E-state index is 12.0. The number of aliphatic hydroxyl groups is 1. The second-order valence-electron chi connectivity index (χ2n) is 5.90. The Morgan fingerprint density at radius 1 is 1.42 bits per heavy atom. The Morgan fingerprint density at radius 2 is 2.05 bits per heavy atom. The standard InChI is InChI=1S/C13H24N2O4/c1-13(2,3)19-12(18)15-6-5-10(9-15)11(17)14(4)7-8-16/h10,16H,5-9H2,1-4H3. The fourth-order valence-corrected chi connectivity index (χ4v) is 2.03. The van der Waals surface area contributed by atoms with E-state index in [1.54, 1.807) is 11.9 Å². The minimum atomic E-state index is -0.521. The predicted molar refractivity (Wildman–Crippen MR) is 70.6 cm³/mol. The summed E-state index contributed by atoms with van der Waals surface area (Å²) in [6, 6.07) is 0. The van der Waals surface area contributed by atoms with Crippen molar-refractivity contribution in [3.63, 3.8) is 0 Å². The smallest absolute Gasteiger partial charge is 0.410 e. The van der Waals surface area contributed by atoms with Crippen LogP contribution in [0.3, 0.4) is 0 Å². The number of hydrogen-bond acceptors (Lipinski definition) is 4. The van der Waals surface area contributed by atoms with Crippen molar-refractivity contribution < 1.29 is 19.4 Å². The summed E-state index contributed by atoms with van der Waals surface area (Å²) in [5.74, 6) is -0.218. The van der Waals surface area contributed by atoms with Gasteiger partial charge in [-0.3, -0.25) is 4.79 Å². The van der Waals surface area contributed by atoms with E-state index in [0.29, 0.717) is 26.1 Å². The molecular weight excluding hydrogens is 248 g/mol. The first-order chi connectivity index (χ1) is 8.74. The number of ether oxygens (including phenoxy) is 1. The second kappa shape index (κ2) is 6.23. The van der Waals surface area contributed by atoms with Gasteiger partial charge in [0.15, 0.2) is 0 Å². The number of likely N-dealkylation sites (tertiary alicyclic amines) is 1. The molecule has 6 nitrogen and oxygen atoms in total. The zero-order valence-corrected chi connectivity index (χ0v) is 12.2. The topological polar surface area (TPSA) is 70.1 Å². The molecule has 6 heteroatoms. The number of aliphatic hydroxyl groups excluding tert-OH is 1. The average Bonchev–Trinajstić information content (AvgIpc) is 2.75. The summed E-state index contributed by atoms with van der Waals surface area (Å²) in [6.45, 7) is 6.66. The molecule has 110 valence electrons. The van der Waals surface area contributed by atoms with Crippen LogP contribution in [0.5, 0.6) is 0 Å². The van der Waals surface area contributed by atoms with E-state index in [9.17, 15) is 9.59 Å². The summed E-state index contributed by atoms with van der Waals surface area (Å²) in [6.07, 6.45) is 0.279. The van der Waals surface area contributed by atoms with Crippen LogP contribution in [0.2, 0.25) is 0 Å². The van der Waals surface area contributed by atoms with Crippen LogP contribution in [0.1, 0.15) is 27.2 Å². The number of carbonyl (C=O) groups excluding carboxylic acids is 2. The molecule has 19 heavy (non-hydrogen) atoms. The maximum Gasteiger partial charge on any atom is 0.410 e. The first kappa shape index (κ1) is 15.8. The van der Waals surface area contributed by atoms with Crippen LogP contribution in [-0.2, 0) is 9.53 Å². The van der Waals surface area contributed by atoms with E-state index in [4.69, 9.17) is 9.84 Å². The van der Waals surface area contributed by atoms with Crippen LogP contribution >= 0.6 is 0 Å². The normalized spacial score (nSPS) is 19.4. The minimum Gasteiger partial charge on any atom is -0.444 e. The third kappa shape index (κ3) is 4.70. The molecule has 1 aliphatic heterocycles. The Hall–Kier alpha value is -1.30. The summed E-state index contributed by atoms with van der Waals surface area (Å²) < 4.78 is 5.28. The molecule has 1 unspecified atom stereocenters. The van der Waals surface area contributed by atoms with Gasteiger partial charge in [0.05, 0.1) is 12.5 Å². The number of hydrogen-bond donors (Lipinski definition) is 1. The highest BCUT2D eigenvalue weighted by Crippen LogP contribution is 2.20. The van der Waals surface area contributed by atoms with Gasteiger partial charge in [-0.15, -0.1) is 0 Å². The summed E-state index contributed by atoms with van der Waals surface area (Å²) in [5, 5.41) is 8.82. The first-order valence-corrected chi connectivity index (χ1v) is 6.58. The van der Waals surface area contributed by atoms with E-state index in [0.717, 1.165) is 0 Å². The van der Waals surface area contributed by atoms with Gasteiger partial charge in [-0.25, -0.2) is 4.79 Å². The summed E-state index contributed by atoms with van der Waals surface area (Å²) in [7, 11) is 1.66. The molecule has 1 saturated heterocycles. The van der Waals surface area contributed by atoms with Crippen LogP contribution in [0, 0.1) is 5.92 Å². The number of nitrogens with zero attached hydrogens (tertiary/aromatic N) is 2. The largest absolute Gasteiger partial charge is 0.444 e. The predicted octanol–water partition coefficient (Wildman–Crippen LogP) is 0.694. The van der Waals surface area contributed by atoms with Gasteiger partial charge in [0.25, 0.3) is 0 Å². The highest BCUT2D eigenvalue weighted by atomic mass is 16.6. The quantitative estimate of drug-likeness (QED) is 0.821. The summed E-state index contributed by atoms with van der Waals surface area (Å²) >= 11 is 0.